The molecule has 2 aromatic carbocycles. The van der Waals surface area contributed by atoms with Crippen LogP contribution in [0, 0.1) is 12.8 Å². The molecule has 4 heteroatoms. The molecule has 0 N–H and O–H groups in total. The molecule has 2 aromatic rings. The lowest BCUT2D eigenvalue weighted by molar-refractivity contribution is 0.429. The fraction of sp³-hybridized carbons (Fsp3) is 0.263. The predicted octanol–water partition coefficient (Wildman–Crippen LogP) is 3.47. The Kier molecular flexibility index (Phi) is 3.13. The number of allylic oxidation sites excluding steroid dienone is 1. The van der Waals surface area contributed by atoms with Gasteiger partial charge in [-0.25, -0.2) is 8.42 Å². The molecule has 1 fully saturated rings. The summed E-state index contributed by atoms with van der Waals surface area (Å²) in [4.78, 5) is 0.357. The van der Waals surface area contributed by atoms with Gasteiger partial charge in [0.05, 0.1) is 4.90 Å². The quantitative estimate of drug-likeness (QED) is 0.866. The molecular weight excluding hydrogens is 306 g/mol. The summed E-state index contributed by atoms with van der Waals surface area (Å²) in [6.07, 6.45) is 4.81. The van der Waals surface area contributed by atoms with E-state index in [2.05, 4.69) is 12.1 Å². The van der Waals surface area contributed by atoms with Crippen LogP contribution in [0.4, 0.5) is 0 Å². The van der Waals surface area contributed by atoms with Crippen molar-refractivity contribution in [1.82, 2.24) is 4.31 Å². The molecule has 2 atom stereocenters. The number of rotatable bonds is 3. The lowest BCUT2D eigenvalue weighted by Gasteiger charge is -2.30. The third kappa shape index (κ3) is 2.29. The molecule has 2 aliphatic rings. The summed E-state index contributed by atoms with van der Waals surface area (Å²) in [6, 6.07) is 17.3. The third-order valence-corrected chi connectivity index (χ3v) is 6.77. The van der Waals surface area contributed by atoms with E-state index in [4.69, 9.17) is 0 Å². The predicted molar refractivity (Wildman–Crippen MR) is 90.4 cm³/mol. The lowest BCUT2D eigenvalue weighted by atomic mass is 9.92. The van der Waals surface area contributed by atoms with Crippen LogP contribution in [0.2, 0.25) is 0 Å². The minimum atomic E-state index is -3.48. The second kappa shape index (κ2) is 4.96. The van der Waals surface area contributed by atoms with Crippen LogP contribution in [0.25, 0.3) is 0 Å². The summed E-state index contributed by atoms with van der Waals surface area (Å²) in [5.41, 5.74) is 2.24. The molecule has 1 saturated carbocycles. The first-order valence-corrected chi connectivity index (χ1v) is 9.29. The zero-order chi connectivity index (χ0) is 16.1. The van der Waals surface area contributed by atoms with E-state index in [1.807, 2.05) is 43.3 Å². The van der Waals surface area contributed by atoms with Gasteiger partial charge in [-0.1, -0.05) is 54.1 Å². The molecule has 1 aliphatic heterocycles. The van der Waals surface area contributed by atoms with Gasteiger partial charge < -0.3 is 0 Å². The Morgan fingerprint density at radius 1 is 1.04 bits per heavy atom. The Morgan fingerprint density at radius 3 is 2.43 bits per heavy atom. The first-order chi connectivity index (χ1) is 11.0. The molecule has 0 bridgehead atoms. The number of nitrogens with zero attached hydrogens (tertiary/aromatic N) is 1. The molecule has 4 rings (SSSR count). The van der Waals surface area contributed by atoms with E-state index in [-0.39, 0.29) is 5.41 Å². The van der Waals surface area contributed by atoms with E-state index in [1.165, 1.54) is 9.87 Å². The fourth-order valence-electron chi connectivity index (χ4n) is 3.50. The van der Waals surface area contributed by atoms with Gasteiger partial charge in [0, 0.05) is 18.2 Å². The number of fused-ring (bicyclic) bond motifs is 1. The molecule has 0 aromatic heterocycles. The fourth-order valence-corrected chi connectivity index (χ4v) is 4.88. The highest BCUT2D eigenvalue weighted by Gasteiger charge is 2.57. The smallest absolute Gasteiger partial charge is 0.263 e. The Balaban J connectivity index is 1.68. The normalized spacial score (nSPS) is 26.0. The monoisotopic (exact) mass is 325 g/mol. The van der Waals surface area contributed by atoms with Gasteiger partial charge in [0.25, 0.3) is 10.0 Å². The van der Waals surface area contributed by atoms with Crippen molar-refractivity contribution >= 4 is 10.0 Å². The van der Waals surface area contributed by atoms with Crippen LogP contribution >= 0.6 is 0 Å². The summed E-state index contributed by atoms with van der Waals surface area (Å²) in [5.74, 6) is 0.453. The Bertz CT molecular complexity index is 856. The Morgan fingerprint density at radius 2 is 1.74 bits per heavy atom. The molecule has 0 saturated heterocycles. The number of benzene rings is 2. The average Bonchev–Trinajstić information content (AvgIpc) is 3.31. The summed E-state index contributed by atoms with van der Waals surface area (Å²) in [5, 5.41) is 0. The average molecular weight is 325 g/mol. The highest BCUT2D eigenvalue weighted by Crippen LogP contribution is 2.57. The molecule has 23 heavy (non-hydrogen) atoms. The minimum Gasteiger partial charge on any atom is -0.273 e. The van der Waals surface area contributed by atoms with Gasteiger partial charge in [0.2, 0.25) is 0 Å². The summed E-state index contributed by atoms with van der Waals surface area (Å²) in [7, 11) is -3.48. The van der Waals surface area contributed by atoms with Crippen molar-refractivity contribution in [2.45, 2.75) is 23.7 Å². The number of hydrogen-bond acceptors (Lipinski definition) is 2. The van der Waals surface area contributed by atoms with Gasteiger partial charge in [-0.2, -0.15) is 0 Å². The molecule has 1 heterocycles. The molecule has 0 spiro atoms. The zero-order valence-electron chi connectivity index (χ0n) is 13.0. The summed E-state index contributed by atoms with van der Waals surface area (Å²) in [6.45, 7) is 2.48. The molecule has 118 valence electrons. The second-order valence-electron chi connectivity index (χ2n) is 6.54. The maximum Gasteiger partial charge on any atom is 0.263 e. The molecule has 3 nitrogen and oxygen atoms in total. The van der Waals surface area contributed by atoms with Crippen LogP contribution in [0.1, 0.15) is 17.5 Å². The topological polar surface area (TPSA) is 37.4 Å². The number of hydrogen-bond donors (Lipinski definition) is 0. The van der Waals surface area contributed by atoms with Crippen LogP contribution in [-0.2, 0) is 15.4 Å². The van der Waals surface area contributed by atoms with Gasteiger partial charge in [0.15, 0.2) is 0 Å². The van der Waals surface area contributed by atoms with Crippen molar-refractivity contribution in [3.8, 4) is 0 Å². The van der Waals surface area contributed by atoms with E-state index in [9.17, 15) is 8.42 Å². The Hall–Kier alpha value is -2.07. The van der Waals surface area contributed by atoms with Gasteiger partial charge in [-0.15, -0.1) is 0 Å². The van der Waals surface area contributed by atoms with Gasteiger partial charge in [-0.05, 0) is 37.0 Å². The van der Waals surface area contributed by atoms with E-state index >= 15 is 0 Å². The maximum atomic E-state index is 12.9. The maximum absolute atomic E-state index is 12.9. The van der Waals surface area contributed by atoms with E-state index in [0.717, 1.165) is 12.0 Å². The molecule has 1 aliphatic carbocycles. The van der Waals surface area contributed by atoms with Crippen molar-refractivity contribution in [2.75, 3.05) is 6.54 Å². The van der Waals surface area contributed by atoms with Gasteiger partial charge >= 0.3 is 0 Å². The molecule has 0 amide bonds. The highest BCUT2D eigenvalue weighted by atomic mass is 32.2. The van der Waals surface area contributed by atoms with Crippen LogP contribution in [0.15, 0.2) is 71.8 Å². The highest BCUT2D eigenvalue weighted by molar-refractivity contribution is 7.89. The summed E-state index contributed by atoms with van der Waals surface area (Å²) < 4.78 is 27.3. The van der Waals surface area contributed by atoms with E-state index in [1.54, 1.807) is 18.3 Å². The van der Waals surface area contributed by atoms with Gasteiger partial charge in [-0.3, -0.25) is 4.31 Å². The first kappa shape index (κ1) is 14.5. The lowest BCUT2D eigenvalue weighted by Crippen LogP contribution is -2.36. The van der Waals surface area contributed by atoms with Crippen molar-refractivity contribution in [3.63, 3.8) is 0 Å². The van der Waals surface area contributed by atoms with Crippen molar-refractivity contribution in [2.24, 2.45) is 5.92 Å². The van der Waals surface area contributed by atoms with E-state index in [0.29, 0.717) is 17.4 Å². The van der Waals surface area contributed by atoms with Gasteiger partial charge in [0.1, 0.15) is 0 Å². The van der Waals surface area contributed by atoms with Crippen molar-refractivity contribution < 1.29 is 8.42 Å². The van der Waals surface area contributed by atoms with E-state index < -0.39 is 10.0 Å². The van der Waals surface area contributed by atoms with Crippen LogP contribution in [0.5, 0.6) is 0 Å². The summed E-state index contributed by atoms with van der Waals surface area (Å²) >= 11 is 0. The largest absolute Gasteiger partial charge is 0.273 e. The SMILES string of the molecule is Cc1ccc(S(=O)(=O)N2C=C[C@H]3C[C@@]3(c3ccccc3)C2)cc1. The van der Waals surface area contributed by atoms with Crippen LogP contribution in [0.3, 0.4) is 0 Å². The second-order valence-corrected chi connectivity index (χ2v) is 8.43. The standard InChI is InChI=1S/C19H19NO2S/c1-15-7-9-18(10-8-15)23(21,22)20-12-11-17-13-19(17,14-20)16-5-3-2-4-6-16/h2-12,17H,13-14H2,1H3/t17-,19-/m0/s1. The van der Waals surface area contributed by atoms with Crippen molar-refractivity contribution in [3.05, 3.63) is 78.0 Å². The zero-order valence-corrected chi connectivity index (χ0v) is 13.8. The van der Waals surface area contributed by atoms with Crippen LogP contribution in [-0.4, -0.2) is 19.3 Å². The minimum absolute atomic E-state index is 0.0478. The van der Waals surface area contributed by atoms with Crippen LogP contribution < -0.4 is 0 Å². The molecule has 0 unspecified atom stereocenters. The molecular formula is C19H19NO2S. The third-order valence-electron chi connectivity index (χ3n) is 5.03. The Labute approximate surface area is 137 Å². The molecule has 0 radical (unpaired) electrons. The first-order valence-electron chi connectivity index (χ1n) is 7.85. The van der Waals surface area contributed by atoms with Crippen molar-refractivity contribution in [1.29, 1.82) is 0 Å². The number of aryl methyl sites for hydroxylation is 1. The number of sulfonamides is 1.